The van der Waals surface area contributed by atoms with Crippen LogP contribution >= 0.6 is 69.6 Å². The second-order valence-corrected chi connectivity index (χ2v) is 18.0. The maximum Gasteiger partial charge on any atom is 0.304 e. The highest BCUT2D eigenvalue weighted by Gasteiger charge is 2.17. The highest BCUT2D eigenvalue weighted by molar-refractivity contribution is 6.64. The number of carboxylic acids is 1. The standard InChI is InChI=1S/C16H22BCl2N2O3.C16H24BCl2N2O2.C15H24Cl2N2O/c1-12-2-3-15(21(6-4-18)7-5-19)9-13(12)8-14(10-16(23)24)20-17-11-22;1-13-2-3-16(21(7-5-18)8-6-19)11-14(13)10-15(4-9-22)20-17-12-23;1-12-2-3-15(19(7-5-16)8-6-17)11-13(12)10-14(18)4-9-20/h2-3,9,11,14,20H,4-8,10H2,1H3,(H,23,24);2-3,11-12,15,20,22H,4-10H2,1H3;2-3,11,14,20H,4-10,18H2,1H3/t14-;15-;14-/m011/s1. The number of rotatable bonds is 33. The Morgan fingerprint density at radius 3 is 1.22 bits per heavy atom. The van der Waals surface area contributed by atoms with E-state index in [0.29, 0.717) is 73.8 Å². The number of hydrogen-bond donors (Lipinski definition) is 6. The van der Waals surface area contributed by atoms with Gasteiger partial charge in [-0.3, -0.25) is 4.79 Å². The first-order valence-corrected chi connectivity index (χ1v) is 25.6. The number of benzene rings is 3. The molecule has 3 aromatic carbocycles. The summed E-state index contributed by atoms with van der Waals surface area (Å²) < 4.78 is 0. The number of carboxylic acid groups (broad SMARTS) is 1. The lowest BCUT2D eigenvalue weighted by molar-refractivity contribution is -0.137. The van der Waals surface area contributed by atoms with E-state index in [0.717, 1.165) is 73.4 Å². The van der Waals surface area contributed by atoms with Gasteiger partial charge in [-0.1, -0.05) is 18.2 Å². The highest BCUT2D eigenvalue weighted by Crippen LogP contribution is 2.24. The minimum atomic E-state index is -0.911. The third-order valence-corrected chi connectivity index (χ3v) is 11.8. The Bertz CT molecular complexity index is 1810. The molecule has 372 valence electrons. The van der Waals surface area contributed by atoms with E-state index < -0.39 is 5.97 Å². The molecule has 12 nitrogen and oxygen atoms in total. The summed E-state index contributed by atoms with van der Waals surface area (Å²) in [5.74, 6) is 2.32. The maximum absolute atomic E-state index is 11.0. The molecular weight excluding hydrogens is 979 g/mol. The summed E-state index contributed by atoms with van der Waals surface area (Å²) >= 11 is 35.2. The van der Waals surface area contributed by atoms with Gasteiger partial charge in [0.15, 0.2) is 0 Å². The molecule has 0 unspecified atom stereocenters. The Labute approximate surface area is 431 Å². The van der Waals surface area contributed by atoms with E-state index in [1.54, 1.807) is 0 Å². The van der Waals surface area contributed by atoms with Crippen LogP contribution in [0, 0.1) is 20.8 Å². The molecular formula is C47H70B2Cl6N6O6. The van der Waals surface area contributed by atoms with Crippen molar-refractivity contribution in [2.24, 2.45) is 5.73 Å². The average Bonchev–Trinajstić information content (AvgIpc) is 3.30. The van der Waals surface area contributed by atoms with Crippen LogP contribution in [0.1, 0.15) is 52.6 Å². The molecule has 0 bridgehead atoms. The van der Waals surface area contributed by atoms with Gasteiger partial charge in [0.05, 0.1) is 18.8 Å². The Balaban J connectivity index is 0.000000505. The molecule has 0 aromatic heterocycles. The molecule has 0 amide bonds. The molecule has 0 heterocycles. The SMILES string of the molecule is Cc1ccc(N(CCCl)CCCl)cc1C[C@@H](CC(=O)O)N[B]C=O.Cc1ccc(N(CCCl)CCCl)cc1C[C@@H](CCO)N[B]C=O.Cc1ccc(N(CCCl)CCCl)cc1C[C@H](N)CCO. The van der Waals surface area contributed by atoms with E-state index >= 15 is 0 Å². The number of alkyl halides is 6. The highest BCUT2D eigenvalue weighted by atomic mass is 35.5. The first kappa shape index (κ1) is 62.6. The van der Waals surface area contributed by atoms with Crippen LogP contribution in [0.15, 0.2) is 54.6 Å². The van der Waals surface area contributed by atoms with Crippen LogP contribution in [-0.4, -0.2) is 154 Å². The number of aliphatic carboxylic acids is 1. The summed E-state index contributed by atoms with van der Waals surface area (Å²) in [6, 6.07) is 18.4. The zero-order chi connectivity index (χ0) is 50.0. The Morgan fingerprint density at radius 1 is 0.582 bits per heavy atom. The Morgan fingerprint density at radius 2 is 0.910 bits per heavy atom. The van der Waals surface area contributed by atoms with E-state index in [1.807, 2.05) is 25.1 Å². The predicted octanol–water partition coefficient (Wildman–Crippen LogP) is 6.57. The molecule has 0 fully saturated rings. The number of nitrogens with one attached hydrogen (secondary N) is 2. The molecule has 0 saturated heterocycles. The lowest BCUT2D eigenvalue weighted by Crippen LogP contribution is -2.37. The second-order valence-electron chi connectivity index (χ2n) is 15.8. The largest absolute Gasteiger partial charge is 0.481 e. The minimum Gasteiger partial charge on any atom is -0.481 e. The fourth-order valence-electron chi connectivity index (χ4n) is 7.18. The van der Waals surface area contributed by atoms with Gasteiger partial charge in [0.2, 0.25) is 0 Å². The number of aliphatic hydroxyl groups is 2. The van der Waals surface area contributed by atoms with Crippen LogP contribution in [0.25, 0.3) is 0 Å². The number of aryl methyl sites for hydroxylation is 3. The molecule has 0 spiro atoms. The molecule has 3 atom stereocenters. The van der Waals surface area contributed by atoms with Gasteiger partial charge >= 0.3 is 5.97 Å². The van der Waals surface area contributed by atoms with E-state index in [2.05, 4.69) is 75.4 Å². The number of carbonyl (C=O) groups is 3. The number of hydrogen-bond acceptors (Lipinski definition) is 11. The van der Waals surface area contributed by atoms with Gasteiger partial charge in [-0.15, -0.1) is 69.6 Å². The maximum atomic E-state index is 11.0. The van der Waals surface area contributed by atoms with E-state index in [-0.39, 0.29) is 37.8 Å². The number of nitrogens with zero attached hydrogens (tertiary/aromatic N) is 3. The summed E-state index contributed by atoms with van der Waals surface area (Å²) in [6.45, 7) is 10.7. The first-order chi connectivity index (χ1) is 32.3. The zero-order valence-electron chi connectivity index (χ0n) is 39.1. The Hall–Kier alpha value is -2.46. The van der Waals surface area contributed by atoms with Crippen LogP contribution in [-0.2, 0) is 33.6 Å². The summed E-state index contributed by atoms with van der Waals surface area (Å²) in [6.07, 6.45) is 4.48. The summed E-state index contributed by atoms with van der Waals surface area (Å²) in [4.78, 5) is 38.5. The summed E-state index contributed by atoms with van der Waals surface area (Å²) in [5.41, 5.74) is 16.1. The van der Waals surface area contributed by atoms with Gasteiger partial charge in [-0.05, 0) is 123 Å². The van der Waals surface area contributed by atoms with Gasteiger partial charge in [0, 0.05) is 123 Å². The third-order valence-electron chi connectivity index (χ3n) is 10.8. The van der Waals surface area contributed by atoms with Gasteiger partial charge in [-0.2, -0.15) is 0 Å². The fraction of sp³-hybridized carbons (Fsp3) is 0.553. The van der Waals surface area contributed by atoms with Crippen LogP contribution in [0.4, 0.5) is 17.1 Å². The predicted molar refractivity (Wildman–Crippen MR) is 288 cm³/mol. The Kier molecular flexibility index (Phi) is 35.8. The van der Waals surface area contributed by atoms with Gasteiger partial charge < -0.3 is 55.8 Å². The molecule has 3 rings (SSSR count). The van der Waals surface area contributed by atoms with Crippen LogP contribution in [0.5, 0.6) is 0 Å². The minimum absolute atomic E-state index is 0.0107. The van der Waals surface area contributed by atoms with Gasteiger partial charge in [0.25, 0.3) is 14.8 Å². The lowest BCUT2D eigenvalue weighted by Gasteiger charge is -2.25. The van der Waals surface area contributed by atoms with Crippen molar-refractivity contribution in [2.75, 3.05) is 102 Å². The normalized spacial score (nSPS) is 12.1. The van der Waals surface area contributed by atoms with Crippen molar-refractivity contribution in [1.82, 2.24) is 10.5 Å². The molecule has 67 heavy (non-hydrogen) atoms. The molecule has 2 radical (unpaired) electrons. The van der Waals surface area contributed by atoms with Crippen molar-refractivity contribution in [1.29, 1.82) is 0 Å². The molecule has 20 heteroatoms. The molecule has 0 aliphatic carbocycles. The molecule has 0 aliphatic rings. The number of halogens is 6. The number of anilines is 3. The molecule has 0 saturated carbocycles. The topological polar surface area (TPSA) is 172 Å². The third kappa shape index (κ3) is 25.8. The van der Waals surface area contributed by atoms with Crippen molar-refractivity contribution < 1.29 is 29.7 Å². The van der Waals surface area contributed by atoms with Crippen LogP contribution in [0.2, 0.25) is 0 Å². The van der Waals surface area contributed by atoms with Crippen molar-refractivity contribution in [2.45, 2.75) is 77.4 Å². The quantitative estimate of drug-likeness (QED) is 0.0221. The van der Waals surface area contributed by atoms with Crippen molar-refractivity contribution >= 4 is 120 Å². The molecule has 7 N–H and O–H groups in total. The lowest BCUT2D eigenvalue weighted by atomic mass is 9.91. The van der Waals surface area contributed by atoms with Crippen LogP contribution in [0.3, 0.4) is 0 Å². The van der Waals surface area contributed by atoms with Crippen LogP contribution < -0.4 is 30.9 Å². The monoisotopic (exact) mass is 1050 g/mol. The summed E-state index contributed by atoms with van der Waals surface area (Å²) in [7, 11) is 2.62. The molecule has 0 aliphatic heterocycles. The van der Waals surface area contributed by atoms with E-state index in [9.17, 15) is 19.5 Å². The second kappa shape index (κ2) is 38.3. The number of nitrogens with two attached hydrogens (primary N) is 1. The van der Waals surface area contributed by atoms with Gasteiger partial charge in [0.1, 0.15) is 0 Å². The van der Waals surface area contributed by atoms with Gasteiger partial charge in [-0.25, -0.2) is 0 Å². The molecule has 3 aromatic rings. The smallest absolute Gasteiger partial charge is 0.304 e. The number of carbonyl (C=O) groups excluding carboxylic acids is 2. The van der Waals surface area contributed by atoms with E-state index in [4.69, 9.17) is 85.6 Å². The van der Waals surface area contributed by atoms with Crippen molar-refractivity contribution in [3.05, 3.63) is 88.0 Å². The van der Waals surface area contributed by atoms with Crippen molar-refractivity contribution in [3.8, 4) is 0 Å². The number of aliphatic hydroxyl groups excluding tert-OH is 2. The zero-order valence-corrected chi connectivity index (χ0v) is 43.7. The summed E-state index contributed by atoms with van der Waals surface area (Å²) in [5, 5.41) is 33.1. The first-order valence-electron chi connectivity index (χ1n) is 22.4. The van der Waals surface area contributed by atoms with E-state index in [1.165, 1.54) is 37.1 Å². The van der Waals surface area contributed by atoms with Crippen molar-refractivity contribution in [3.63, 3.8) is 0 Å². The average molecular weight is 1050 g/mol. The fourth-order valence-corrected chi connectivity index (χ4v) is 8.40.